The fourth-order valence-corrected chi connectivity index (χ4v) is 3.28. The summed E-state index contributed by atoms with van der Waals surface area (Å²) in [6.07, 6.45) is 0. The van der Waals surface area contributed by atoms with Gasteiger partial charge in [0.1, 0.15) is 11.5 Å². The number of imidazole rings is 1. The summed E-state index contributed by atoms with van der Waals surface area (Å²) >= 11 is 11.7. The number of hydrogen-bond donors (Lipinski definition) is 1. The predicted octanol–water partition coefficient (Wildman–Crippen LogP) is 5.17. The van der Waals surface area contributed by atoms with Crippen LogP contribution in [0.2, 0.25) is 5.02 Å². The summed E-state index contributed by atoms with van der Waals surface area (Å²) in [5.74, 6) is 1.84. The van der Waals surface area contributed by atoms with Gasteiger partial charge in [-0.05, 0) is 51.2 Å². The van der Waals surface area contributed by atoms with E-state index in [0.717, 1.165) is 28.1 Å². The van der Waals surface area contributed by atoms with Crippen LogP contribution in [-0.2, 0) is 0 Å². The van der Waals surface area contributed by atoms with Crippen LogP contribution >= 0.6 is 23.8 Å². The predicted molar refractivity (Wildman–Crippen MR) is 84.1 cm³/mol. The van der Waals surface area contributed by atoms with Crippen molar-refractivity contribution in [1.82, 2.24) is 9.55 Å². The Morgan fingerprint density at radius 2 is 2.10 bits per heavy atom. The van der Waals surface area contributed by atoms with Crippen molar-refractivity contribution in [2.24, 2.45) is 0 Å². The van der Waals surface area contributed by atoms with E-state index in [4.69, 9.17) is 28.2 Å². The molecule has 0 aliphatic carbocycles. The van der Waals surface area contributed by atoms with E-state index in [-0.39, 0.29) is 6.04 Å². The molecule has 1 aromatic carbocycles. The molecule has 0 saturated heterocycles. The number of benzene rings is 1. The SMILES string of the molecule is Cc1cc(C(C)n2c(=S)[nH]c3c(Cl)cccc32)c(C)o1. The molecular weight excluding hydrogens is 292 g/mol. The second-order valence-corrected chi connectivity index (χ2v) is 5.77. The largest absolute Gasteiger partial charge is 0.466 e. The van der Waals surface area contributed by atoms with Crippen molar-refractivity contribution >= 4 is 34.9 Å². The maximum Gasteiger partial charge on any atom is 0.178 e. The average Bonchev–Trinajstić information content (AvgIpc) is 2.89. The fraction of sp³-hybridized carbons (Fsp3) is 0.267. The van der Waals surface area contributed by atoms with E-state index < -0.39 is 0 Å². The number of aromatic amines is 1. The average molecular weight is 307 g/mol. The highest BCUT2D eigenvalue weighted by atomic mass is 35.5. The lowest BCUT2D eigenvalue weighted by Gasteiger charge is -2.14. The highest BCUT2D eigenvalue weighted by Crippen LogP contribution is 2.30. The van der Waals surface area contributed by atoms with Crippen LogP contribution in [0.4, 0.5) is 0 Å². The first-order valence-electron chi connectivity index (χ1n) is 6.44. The first kappa shape index (κ1) is 13.5. The Labute approximate surface area is 127 Å². The zero-order valence-corrected chi connectivity index (χ0v) is 13.1. The van der Waals surface area contributed by atoms with E-state index in [0.29, 0.717) is 9.79 Å². The van der Waals surface area contributed by atoms with Crippen LogP contribution < -0.4 is 0 Å². The Morgan fingerprint density at radius 3 is 2.75 bits per heavy atom. The molecule has 3 aromatic rings. The summed E-state index contributed by atoms with van der Waals surface area (Å²) in [4.78, 5) is 3.19. The fourth-order valence-electron chi connectivity index (χ4n) is 2.70. The van der Waals surface area contributed by atoms with E-state index in [1.54, 1.807) is 0 Å². The number of H-pyrrole nitrogens is 1. The molecule has 104 valence electrons. The topological polar surface area (TPSA) is 33.9 Å². The molecule has 0 fully saturated rings. The Balaban J connectivity index is 2.24. The molecule has 3 rings (SSSR count). The van der Waals surface area contributed by atoms with Crippen LogP contribution in [-0.4, -0.2) is 9.55 Å². The summed E-state index contributed by atoms with van der Waals surface area (Å²) in [5, 5.41) is 0.680. The number of hydrogen-bond acceptors (Lipinski definition) is 2. The van der Waals surface area contributed by atoms with Gasteiger partial charge in [0.25, 0.3) is 0 Å². The molecule has 0 bridgehead atoms. The van der Waals surface area contributed by atoms with E-state index in [1.807, 2.05) is 32.0 Å². The smallest absolute Gasteiger partial charge is 0.178 e. The van der Waals surface area contributed by atoms with Crippen LogP contribution in [0, 0.1) is 18.6 Å². The third kappa shape index (κ3) is 2.00. The van der Waals surface area contributed by atoms with E-state index in [1.165, 1.54) is 0 Å². The van der Waals surface area contributed by atoms with Gasteiger partial charge in [0.2, 0.25) is 0 Å². The van der Waals surface area contributed by atoms with Gasteiger partial charge in [-0.1, -0.05) is 17.7 Å². The maximum absolute atomic E-state index is 6.22. The van der Waals surface area contributed by atoms with E-state index in [9.17, 15) is 0 Å². The molecule has 20 heavy (non-hydrogen) atoms. The first-order valence-corrected chi connectivity index (χ1v) is 7.23. The lowest BCUT2D eigenvalue weighted by Crippen LogP contribution is -2.07. The summed E-state index contributed by atoms with van der Waals surface area (Å²) in [7, 11) is 0. The van der Waals surface area contributed by atoms with Gasteiger partial charge in [-0.25, -0.2) is 0 Å². The summed E-state index contributed by atoms with van der Waals surface area (Å²) in [6.45, 7) is 6.04. The minimum atomic E-state index is 0.0900. The molecule has 0 aliphatic rings. The summed E-state index contributed by atoms with van der Waals surface area (Å²) < 4.78 is 8.37. The number of fused-ring (bicyclic) bond motifs is 1. The molecule has 2 aromatic heterocycles. The number of nitrogens with zero attached hydrogens (tertiary/aromatic N) is 1. The molecule has 0 saturated carbocycles. The van der Waals surface area contributed by atoms with E-state index in [2.05, 4.69) is 22.5 Å². The van der Waals surface area contributed by atoms with Gasteiger partial charge in [0.05, 0.1) is 22.1 Å². The molecule has 5 heteroatoms. The Kier molecular flexibility index (Phi) is 3.22. The van der Waals surface area contributed by atoms with Gasteiger partial charge in [0.15, 0.2) is 4.77 Å². The standard InChI is InChI=1S/C15H15ClN2OS/c1-8-7-11(10(3)19-8)9(2)18-13-6-4-5-12(16)14(13)17-15(18)20/h4-7,9H,1-3H3,(H,17,20). The van der Waals surface area contributed by atoms with Crippen LogP contribution in [0.1, 0.15) is 30.0 Å². The maximum atomic E-state index is 6.22. The molecule has 0 aliphatic heterocycles. The number of halogens is 1. The van der Waals surface area contributed by atoms with Crippen LogP contribution in [0.25, 0.3) is 11.0 Å². The van der Waals surface area contributed by atoms with Gasteiger partial charge < -0.3 is 14.0 Å². The molecule has 1 atom stereocenters. The molecule has 0 amide bonds. The monoisotopic (exact) mass is 306 g/mol. The number of para-hydroxylation sites is 1. The first-order chi connectivity index (χ1) is 9.49. The number of aromatic nitrogens is 2. The van der Waals surface area contributed by atoms with Gasteiger partial charge in [-0.3, -0.25) is 0 Å². The minimum Gasteiger partial charge on any atom is -0.466 e. The number of aryl methyl sites for hydroxylation is 2. The zero-order chi connectivity index (χ0) is 14.4. The van der Waals surface area contributed by atoms with Crippen molar-refractivity contribution < 1.29 is 4.42 Å². The molecule has 1 N–H and O–H groups in total. The third-order valence-corrected chi connectivity index (χ3v) is 4.23. The highest BCUT2D eigenvalue weighted by Gasteiger charge is 2.18. The van der Waals surface area contributed by atoms with Crippen molar-refractivity contribution in [3.8, 4) is 0 Å². The van der Waals surface area contributed by atoms with Crippen LogP contribution in [0.15, 0.2) is 28.7 Å². The van der Waals surface area contributed by atoms with Crippen molar-refractivity contribution in [2.75, 3.05) is 0 Å². The normalized spacial score (nSPS) is 13.0. The number of nitrogens with one attached hydrogen (secondary N) is 1. The van der Waals surface area contributed by atoms with E-state index >= 15 is 0 Å². The second-order valence-electron chi connectivity index (χ2n) is 4.98. The van der Waals surface area contributed by atoms with Crippen molar-refractivity contribution in [2.45, 2.75) is 26.8 Å². The summed E-state index contributed by atoms with van der Waals surface area (Å²) in [5.41, 5.74) is 3.02. The van der Waals surface area contributed by atoms with Gasteiger partial charge in [-0.15, -0.1) is 0 Å². The molecule has 1 unspecified atom stereocenters. The van der Waals surface area contributed by atoms with Gasteiger partial charge in [-0.2, -0.15) is 0 Å². The zero-order valence-electron chi connectivity index (χ0n) is 11.5. The van der Waals surface area contributed by atoms with Crippen LogP contribution in [0.3, 0.4) is 0 Å². The van der Waals surface area contributed by atoms with Gasteiger partial charge in [0, 0.05) is 5.56 Å². The lowest BCUT2D eigenvalue weighted by atomic mass is 10.1. The quantitative estimate of drug-likeness (QED) is 0.663. The van der Waals surface area contributed by atoms with Crippen molar-refractivity contribution in [3.05, 3.63) is 51.1 Å². The van der Waals surface area contributed by atoms with Crippen molar-refractivity contribution in [3.63, 3.8) is 0 Å². The molecule has 0 spiro atoms. The third-order valence-electron chi connectivity index (χ3n) is 3.62. The number of furan rings is 1. The molecule has 2 heterocycles. The molecule has 0 radical (unpaired) electrons. The Morgan fingerprint density at radius 1 is 1.35 bits per heavy atom. The minimum absolute atomic E-state index is 0.0900. The second kappa shape index (κ2) is 4.79. The molecular formula is C15H15ClN2OS. The lowest BCUT2D eigenvalue weighted by molar-refractivity contribution is 0.495. The van der Waals surface area contributed by atoms with Crippen LogP contribution in [0.5, 0.6) is 0 Å². The van der Waals surface area contributed by atoms with Crippen molar-refractivity contribution in [1.29, 1.82) is 0 Å². The highest BCUT2D eigenvalue weighted by molar-refractivity contribution is 7.71. The Bertz CT molecular complexity index is 843. The molecule has 3 nitrogen and oxygen atoms in total. The number of rotatable bonds is 2. The Hall–Kier alpha value is -1.52. The van der Waals surface area contributed by atoms with Gasteiger partial charge >= 0.3 is 0 Å². The summed E-state index contributed by atoms with van der Waals surface area (Å²) in [6, 6.07) is 7.96.